The summed E-state index contributed by atoms with van der Waals surface area (Å²) in [7, 11) is -36.4. The largest absolute Gasteiger partial charge is 1.00 e. The number of carboxylic acid groups (broad SMARTS) is 1. The quantitative estimate of drug-likeness (QED) is 0.0742. The second-order valence-electron chi connectivity index (χ2n) is 8.32. The van der Waals surface area contributed by atoms with E-state index in [1.807, 2.05) is 0 Å². The zero-order chi connectivity index (χ0) is 36.6. The fourth-order valence-corrected chi connectivity index (χ4v) is 6.33. The van der Waals surface area contributed by atoms with Crippen molar-refractivity contribution in [3.8, 4) is 0 Å². The average molecular weight is 975 g/mol. The molecule has 0 spiro atoms. The molecule has 2 fully saturated rings. The van der Waals surface area contributed by atoms with Gasteiger partial charge in [0.2, 0.25) is 62.4 Å². The third kappa shape index (κ3) is 27.7. The van der Waals surface area contributed by atoms with Crippen LogP contribution in [0.2, 0.25) is 0 Å². The SMILES string of the molecule is O=C([O-])[C@@H]1O[C@@H](O[C@H]2[C@H](OS(=O)(=O)[O-])[C@@H](COS(=O)(=O)[O-])O[C@@H]2COS(=O)(=O)[O-])[C@H](OS(=O)(=O)[O-])[C@@H](OS(=O)(=O)[O-])[C@@H]1OS(=O)(=O)[O-].[Na+].[Na+].[Na+].[Na+].[Na+].[Na+].[Na+]. The van der Waals surface area contributed by atoms with Crippen molar-refractivity contribution in [2.75, 3.05) is 13.2 Å². The molecule has 2 aliphatic rings. The molecule has 0 aromatic carbocycles. The Labute approximate surface area is 462 Å². The molecule has 0 radical (unpaired) electrons. The molecule has 54 heavy (non-hydrogen) atoms. The minimum absolute atomic E-state index is 0. The Hall–Kier alpha value is 5.57. The summed E-state index contributed by atoms with van der Waals surface area (Å²) in [4.78, 5) is 11.7. The first-order valence-corrected chi connectivity index (χ1v) is 18.8. The number of ether oxygens (including phenoxy) is 3. The minimum Gasteiger partial charge on any atom is -0.726 e. The number of rotatable bonds is 17. The molecule has 0 aromatic heterocycles. The van der Waals surface area contributed by atoms with Gasteiger partial charge in [0.25, 0.3) is 0 Å². The summed E-state index contributed by atoms with van der Waals surface area (Å²) >= 11 is 0. The van der Waals surface area contributed by atoms with Gasteiger partial charge in [-0.25, -0.2) is 50.5 Å². The Bertz CT molecular complexity index is 1830. The van der Waals surface area contributed by atoms with Crippen LogP contribution in [-0.2, 0) is 106 Å². The van der Waals surface area contributed by atoms with Crippen molar-refractivity contribution in [2.45, 2.75) is 55.1 Å². The van der Waals surface area contributed by atoms with Crippen molar-refractivity contribution in [2.24, 2.45) is 0 Å². The smallest absolute Gasteiger partial charge is 0.726 e. The Morgan fingerprint density at radius 3 is 1.09 bits per heavy atom. The second-order valence-corrected chi connectivity index (χ2v) is 14.5. The average Bonchev–Trinajstić information content (AvgIpc) is 3.11. The maximum absolute atomic E-state index is 11.7. The van der Waals surface area contributed by atoms with Gasteiger partial charge in [-0.3, -0.25) is 25.1 Å². The van der Waals surface area contributed by atoms with E-state index in [1.54, 1.807) is 0 Å². The van der Waals surface area contributed by atoms with Gasteiger partial charge in [0.15, 0.2) is 12.4 Å². The molecule has 278 valence electrons. The maximum atomic E-state index is 11.7. The molecule has 0 amide bonds. The molecule has 0 aliphatic carbocycles. The molecule has 0 saturated carbocycles. The molecule has 0 bridgehead atoms. The van der Waals surface area contributed by atoms with Crippen LogP contribution in [0, 0.1) is 0 Å². The fourth-order valence-electron chi connectivity index (χ4n) is 3.78. The van der Waals surface area contributed by atoms with Crippen LogP contribution in [0.1, 0.15) is 0 Å². The number of hydrogen-bond donors (Lipinski definition) is 0. The first-order valence-electron chi connectivity index (χ1n) is 10.8. The molecule has 29 nitrogen and oxygen atoms in total. The number of hydrogen-bond acceptors (Lipinski definition) is 29. The summed E-state index contributed by atoms with van der Waals surface area (Å²) in [5.41, 5.74) is 0. The van der Waals surface area contributed by atoms with Crippen LogP contribution in [0.5, 0.6) is 0 Å². The zero-order valence-corrected chi connectivity index (χ0v) is 47.3. The fraction of sp³-hybridized carbons (Fsp3) is 0.917. The molecule has 0 unspecified atom stereocenters. The van der Waals surface area contributed by atoms with E-state index in [0.717, 1.165) is 0 Å². The van der Waals surface area contributed by atoms with E-state index in [2.05, 4.69) is 29.8 Å². The van der Waals surface area contributed by atoms with Crippen LogP contribution in [0.15, 0.2) is 0 Å². The van der Waals surface area contributed by atoms with E-state index in [9.17, 15) is 87.7 Å². The molecular formula is C12H13Na7O29S6. The van der Waals surface area contributed by atoms with Gasteiger partial charge in [-0.15, -0.1) is 0 Å². The van der Waals surface area contributed by atoms with Gasteiger partial charge in [0.05, 0.1) is 19.2 Å². The number of carbonyl (C=O) groups is 1. The van der Waals surface area contributed by atoms with Crippen LogP contribution in [0.4, 0.5) is 0 Å². The molecule has 9 atom stereocenters. The topological polar surface area (TPSA) is 466 Å². The van der Waals surface area contributed by atoms with E-state index in [1.165, 1.54) is 0 Å². The maximum Gasteiger partial charge on any atom is 1.00 e. The third-order valence-corrected chi connectivity index (χ3v) is 7.78. The van der Waals surface area contributed by atoms with Gasteiger partial charge < -0.3 is 51.4 Å². The molecule has 0 N–H and O–H groups in total. The standard InChI is InChI=1S/C12H20O29S6.7Na/c13-11(14)9-7(39-45(24,25)26)8(40-46(27,28)29)10(41-47(30,31)32)12(37-9)36-5-3(1-33-42(15,16)17)35-4(2-34-43(18,19)20)6(5)38-44(21,22)23;;;;;;;/h3-10,12H,1-2H2,(H,13,14)(H,15,16,17)(H,18,19,20)(H,21,22,23)(H,24,25,26)(H,27,28,29)(H,30,31,32);;;;;;;/q;7*+1/p-7/t3-,4-,5-,6-,7+,8+,9-,10-,12-;;;;;;;/m1......./s1. The van der Waals surface area contributed by atoms with Crippen molar-refractivity contribution in [1.82, 2.24) is 0 Å². The molecule has 42 heteroatoms. The monoisotopic (exact) mass is 974 g/mol. The summed E-state index contributed by atoms with van der Waals surface area (Å²) < 4.78 is 240. The Morgan fingerprint density at radius 1 is 0.444 bits per heavy atom. The molecule has 2 rings (SSSR count). The third-order valence-electron chi connectivity index (χ3n) is 5.09. The normalized spacial score (nSPS) is 27.4. The van der Waals surface area contributed by atoms with Gasteiger partial charge in [-0.2, -0.15) is 0 Å². The van der Waals surface area contributed by atoms with Crippen molar-refractivity contribution in [3.63, 3.8) is 0 Å². The van der Waals surface area contributed by atoms with Gasteiger partial charge in [0.1, 0.15) is 42.7 Å². The molecule has 2 saturated heterocycles. The number of carbonyl (C=O) groups excluding carboxylic acids is 1. The number of aliphatic carboxylic acids is 1. The predicted octanol–water partition coefficient (Wildman–Crippen LogP) is -30.0. The Morgan fingerprint density at radius 2 is 0.759 bits per heavy atom. The van der Waals surface area contributed by atoms with Gasteiger partial charge in [-0.05, 0) is 0 Å². The second kappa shape index (κ2) is 28.5. The van der Waals surface area contributed by atoms with Crippen molar-refractivity contribution in [1.29, 1.82) is 0 Å². The summed E-state index contributed by atoms with van der Waals surface area (Å²) in [5, 5.41) is 11.7. The Balaban J connectivity index is -0.000000823. The molecule has 2 heterocycles. The summed E-state index contributed by atoms with van der Waals surface area (Å²) in [6.45, 7) is -3.35. The summed E-state index contributed by atoms with van der Waals surface area (Å²) in [6.07, 6.45) is -27.0. The van der Waals surface area contributed by atoms with E-state index in [0.29, 0.717) is 0 Å². The van der Waals surface area contributed by atoms with Crippen molar-refractivity contribution >= 4 is 68.4 Å². The van der Waals surface area contributed by atoms with E-state index in [4.69, 9.17) is 9.47 Å². The van der Waals surface area contributed by atoms with Crippen LogP contribution in [-0.4, -0.2) is 152 Å². The van der Waals surface area contributed by atoms with Crippen molar-refractivity contribution < 1.29 is 334 Å². The molecular weight excluding hydrogens is 961 g/mol. The Kier molecular flexibility index (Phi) is 37.5. The van der Waals surface area contributed by atoms with Gasteiger partial charge >= 0.3 is 207 Å². The summed E-state index contributed by atoms with van der Waals surface area (Å²) in [5.74, 6) is -2.74. The summed E-state index contributed by atoms with van der Waals surface area (Å²) in [6, 6.07) is 0. The van der Waals surface area contributed by atoms with Gasteiger partial charge in [-0.1, -0.05) is 0 Å². The van der Waals surface area contributed by atoms with Crippen LogP contribution in [0.3, 0.4) is 0 Å². The molecule has 0 aromatic rings. The van der Waals surface area contributed by atoms with Crippen LogP contribution in [0.25, 0.3) is 0 Å². The molecule has 2 aliphatic heterocycles. The zero-order valence-electron chi connectivity index (χ0n) is 28.4. The predicted molar refractivity (Wildman–Crippen MR) is 117 cm³/mol. The van der Waals surface area contributed by atoms with E-state index >= 15 is 0 Å². The van der Waals surface area contributed by atoms with Crippen LogP contribution >= 0.6 is 0 Å². The first kappa shape index (κ1) is 71.2. The minimum atomic E-state index is -6.32. The van der Waals surface area contributed by atoms with E-state index in [-0.39, 0.29) is 207 Å². The van der Waals surface area contributed by atoms with Gasteiger partial charge in [0, 0.05) is 0 Å². The first-order chi connectivity index (χ1) is 20.8. The van der Waals surface area contributed by atoms with E-state index < -0.39 is 137 Å². The van der Waals surface area contributed by atoms with Crippen LogP contribution < -0.4 is 212 Å². The van der Waals surface area contributed by atoms with Crippen molar-refractivity contribution in [3.05, 3.63) is 0 Å². The number of carboxylic acids is 1.